The maximum absolute atomic E-state index is 9.51. The Hall–Kier alpha value is -2.56. The van der Waals surface area contributed by atoms with Crippen LogP contribution in [-0.4, -0.2) is 27.0 Å². The van der Waals surface area contributed by atoms with Gasteiger partial charge in [0.2, 0.25) is 0 Å². The third kappa shape index (κ3) is 3.72. The Morgan fingerprint density at radius 3 is 2.14 bits per heavy atom. The van der Waals surface area contributed by atoms with Crippen molar-refractivity contribution in [3.05, 3.63) is 42.0 Å². The van der Waals surface area contributed by atoms with Gasteiger partial charge in [0.25, 0.3) is 0 Å². The van der Waals surface area contributed by atoms with E-state index in [0.717, 1.165) is 12.0 Å². The number of phenols is 4. The lowest BCUT2D eigenvalue weighted by atomic mass is 9.97. The molecule has 2 aromatic rings. The fourth-order valence-electron chi connectivity index (χ4n) is 2.05. The second kappa shape index (κ2) is 6.26. The first-order valence-electron chi connectivity index (χ1n) is 6.62. The van der Waals surface area contributed by atoms with Crippen molar-refractivity contribution in [2.75, 3.05) is 6.61 Å². The summed E-state index contributed by atoms with van der Waals surface area (Å²) in [7, 11) is 0. The van der Waals surface area contributed by atoms with Crippen LogP contribution in [0.1, 0.15) is 12.5 Å². The van der Waals surface area contributed by atoms with Crippen molar-refractivity contribution in [1.29, 1.82) is 0 Å². The van der Waals surface area contributed by atoms with Gasteiger partial charge in [0.1, 0.15) is 17.2 Å². The third-order valence-electron chi connectivity index (χ3n) is 3.13. The SMILES string of the molecule is CC1COc2cc(O)cc(O)c2C1.Oc1ccccc1O. The Bertz CT molecular complexity index is 603. The van der Waals surface area contributed by atoms with Gasteiger partial charge in [0, 0.05) is 17.7 Å². The van der Waals surface area contributed by atoms with E-state index >= 15 is 0 Å². The summed E-state index contributed by atoms with van der Waals surface area (Å²) in [5, 5.41) is 36.0. The van der Waals surface area contributed by atoms with Gasteiger partial charge < -0.3 is 25.2 Å². The quantitative estimate of drug-likeness (QED) is 0.560. The number of aromatic hydroxyl groups is 4. The summed E-state index contributed by atoms with van der Waals surface area (Å²) in [4.78, 5) is 0. The summed E-state index contributed by atoms with van der Waals surface area (Å²) >= 11 is 0. The third-order valence-corrected chi connectivity index (χ3v) is 3.13. The topological polar surface area (TPSA) is 90.2 Å². The number of ether oxygens (including phenoxy) is 1. The van der Waals surface area contributed by atoms with Crippen LogP contribution >= 0.6 is 0 Å². The number of hydrogen-bond acceptors (Lipinski definition) is 5. The zero-order valence-corrected chi connectivity index (χ0v) is 11.7. The fourth-order valence-corrected chi connectivity index (χ4v) is 2.05. The second-order valence-electron chi connectivity index (χ2n) is 5.05. The summed E-state index contributed by atoms with van der Waals surface area (Å²) in [6, 6.07) is 9.04. The Kier molecular flexibility index (Phi) is 4.42. The van der Waals surface area contributed by atoms with E-state index in [-0.39, 0.29) is 23.0 Å². The van der Waals surface area contributed by atoms with E-state index in [1.165, 1.54) is 18.2 Å². The van der Waals surface area contributed by atoms with Crippen molar-refractivity contribution in [3.8, 4) is 28.7 Å². The first-order chi connectivity index (χ1) is 9.97. The van der Waals surface area contributed by atoms with Crippen LogP contribution in [0.2, 0.25) is 0 Å². The van der Waals surface area contributed by atoms with Gasteiger partial charge in [-0.3, -0.25) is 0 Å². The highest BCUT2D eigenvalue weighted by molar-refractivity contribution is 5.50. The average molecular weight is 290 g/mol. The van der Waals surface area contributed by atoms with Gasteiger partial charge in [-0.2, -0.15) is 0 Å². The Balaban J connectivity index is 0.000000173. The average Bonchev–Trinajstić information content (AvgIpc) is 2.44. The number of hydrogen-bond donors (Lipinski definition) is 4. The molecule has 1 aliphatic heterocycles. The number of rotatable bonds is 0. The fraction of sp³-hybridized carbons (Fsp3) is 0.250. The van der Waals surface area contributed by atoms with Gasteiger partial charge in [0.15, 0.2) is 11.5 Å². The van der Waals surface area contributed by atoms with Crippen LogP contribution < -0.4 is 4.74 Å². The van der Waals surface area contributed by atoms with E-state index in [2.05, 4.69) is 6.92 Å². The number of benzene rings is 2. The van der Waals surface area contributed by atoms with Crippen LogP contribution in [0.5, 0.6) is 28.7 Å². The van der Waals surface area contributed by atoms with Crippen LogP contribution in [-0.2, 0) is 6.42 Å². The zero-order chi connectivity index (χ0) is 15.4. The molecule has 0 aliphatic carbocycles. The van der Waals surface area contributed by atoms with Gasteiger partial charge in [-0.1, -0.05) is 19.1 Å². The summed E-state index contributed by atoms with van der Waals surface area (Å²) in [6.07, 6.45) is 0.807. The Morgan fingerprint density at radius 1 is 0.952 bits per heavy atom. The minimum absolute atomic E-state index is 0.0470. The molecule has 112 valence electrons. The summed E-state index contributed by atoms with van der Waals surface area (Å²) in [5.74, 6) is 1.05. The molecule has 1 heterocycles. The van der Waals surface area contributed by atoms with E-state index in [9.17, 15) is 10.2 Å². The molecule has 0 radical (unpaired) electrons. The minimum Gasteiger partial charge on any atom is -0.508 e. The van der Waals surface area contributed by atoms with Crippen LogP contribution in [0.4, 0.5) is 0 Å². The van der Waals surface area contributed by atoms with E-state index in [1.807, 2.05) is 0 Å². The highest BCUT2D eigenvalue weighted by Crippen LogP contribution is 2.37. The summed E-state index contributed by atoms with van der Waals surface area (Å²) in [6.45, 7) is 2.71. The van der Waals surface area contributed by atoms with Gasteiger partial charge >= 0.3 is 0 Å². The van der Waals surface area contributed by atoms with Gasteiger partial charge in [-0.15, -0.1) is 0 Å². The molecule has 0 aromatic heterocycles. The molecular weight excluding hydrogens is 272 g/mol. The molecule has 4 N–H and O–H groups in total. The molecule has 0 amide bonds. The lowest BCUT2D eigenvalue weighted by Crippen LogP contribution is -2.17. The van der Waals surface area contributed by atoms with Crippen molar-refractivity contribution in [1.82, 2.24) is 0 Å². The first-order valence-corrected chi connectivity index (χ1v) is 6.62. The molecule has 0 fully saturated rings. The van der Waals surface area contributed by atoms with Crippen LogP contribution in [0.3, 0.4) is 0 Å². The molecule has 3 rings (SSSR count). The lowest BCUT2D eigenvalue weighted by Gasteiger charge is -2.23. The van der Waals surface area contributed by atoms with Crippen LogP contribution in [0.25, 0.3) is 0 Å². The predicted molar refractivity (Wildman–Crippen MR) is 77.9 cm³/mol. The first kappa shape index (κ1) is 14.8. The van der Waals surface area contributed by atoms with E-state index in [0.29, 0.717) is 18.3 Å². The van der Waals surface area contributed by atoms with Gasteiger partial charge in [-0.05, 0) is 24.5 Å². The monoisotopic (exact) mass is 290 g/mol. The van der Waals surface area contributed by atoms with Crippen molar-refractivity contribution < 1.29 is 25.2 Å². The lowest BCUT2D eigenvalue weighted by molar-refractivity contribution is 0.229. The number of fused-ring (bicyclic) bond motifs is 1. The molecule has 5 nitrogen and oxygen atoms in total. The molecule has 0 saturated heterocycles. The standard InChI is InChI=1S/C10H12O3.C6H6O2/c1-6-2-8-9(12)3-7(11)4-10(8)13-5-6;7-5-3-1-2-4-6(5)8/h3-4,6,11-12H,2,5H2,1H3;1-4,7-8H. The maximum atomic E-state index is 9.51. The molecule has 0 spiro atoms. The molecule has 2 aromatic carbocycles. The Labute approximate surface area is 122 Å². The van der Waals surface area contributed by atoms with Crippen molar-refractivity contribution in [2.24, 2.45) is 5.92 Å². The Morgan fingerprint density at radius 2 is 1.57 bits per heavy atom. The van der Waals surface area contributed by atoms with E-state index in [1.54, 1.807) is 18.2 Å². The summed E-state index contributed by atoms with van der Waals surface area (Å²) in [5.41, 5.74) is 0.802. The smallest absolute Gasteiger partial charge is 0.157 e. The maximum Gasteiger partial charge on any atom is 0.157 e. The normalized spacial score (nSPS) is 16.1. The minimum atomic E-state index is -0.0764. The highest BCUT2D eigenvalue weighted by Gasteiger charge is 2.20. The summed E-state index contributed by atoms with van der Waals surface area (Å²) < 4.78 is 5.38. The molecule has 5 heteroatoms. The van der Waals surface area contributed by atoms with Crippen molar-refractivity contribution in [3.63, 3.8) is 0 Å². The molecule has 1 aliphatic rings. The molecule has 1 atom stereocenters. The number of phenolic OH excluding ortho intramolecular Hbond substituents is 4. The number of para-hydroxylation sites is 2. The van der Waals surface area contributed by atoms with Crippen molar-refractivity contribution >= 4 is 0 Å². The highest BCUT2D eigenvalue weighted by atomic mass is 16.5. The largest absolute Gasteiger partial charge is 0.508 e. The van der Waals surface area contributed by atoms with E-state index in [4.69, 9.17) is 14.9 Å². The van der Waals surface area contributed by atoms with Gasteiger partial charge in [-0.25, -0.2) is 0 Å². The van der Waals surface area contributed by atoms with E-state index < -0.39 is 0 Å². The molecular formula is C16H18O5. The molecule has 0 saturated carbocycles. The molecule has 21 heavy (non-hydrogen) atoms. The molecule has 1 unspecified atom stereocenters. The van der Waals surface area contributed by atoms with Crippen LogP contribution in [0.15, 0.2) is 36.4 Å². The van der Waals surface area contributed by atoms with Crippen molar-refractivity contribution in [2.45, 2.75) is 13.3 Å². The van der Waals surface area contributed by atoms with Crippen LogP contribution in [0, 0.1) is 5.92 Å². The van der Waals surface area contributed by atoms with Gasteiger partial charge in [0.05, 0.1) is 6.61 Å². The second-order valence-corrected chi connectivity index (χ2v) is 5.05. The molecule has 0 bridgehead atoms. The predicted octanol–water partition coefficient (Wildman–Crippen LogP) is 2.77. The zero-order valence-electron chi connectivity index (χ0n) is 11.7.